The lowest BCUT2D eigenvalue weighted by atomic mass is 9.99. The van der Waals surface area contributed by atoms with Crippen LogP contribution in [-0.4, -0.2) is 17.5 Å². The average molecular weight is 337 g/mol. The number of hydrogen-bond acceptors (Lipinski definition) is 1. The molecule has 1 aliphatic heterocycles. The summed E-state index contributed by atoms with van der Waals surface area (Å²) in [6.45, 7) is 2.35. The zero-order valence-corrected chi connectivity index (χ0v) is 13.3. The lowest BCUT2D eigenvalue weighted by Gasteiger charge is -2.29. The van der Waals surface area contributed by atoms with Crippen molar-refractivity contribution in [2.75, 3.05) is 11.9 Å². The summed E-state index contributed by atoms with van der Waals surface area (Å²) in [5, 5.41) is 3.37. The van der Waals surface area contributed by atoms with Gasteiger partial charge in [-0.05, 0) is 48.7 Å². The molecule has 2 aromatic rings. The third-order valence-corrected chi connectivity index (χ3v) is 4.41. The minimum absolute atomic E-state index is 0.0529. The molecule has 0 spiro atoms. The Balaban J connectivity index is 1.76. The maximum atomic E-state index is 13.9. The quantitative estimate of drug-likeness (QED) is 0.816. The highest BCUT2D eigenvalue weighted by molar-refractivity contribution is 6.31. The topological polar surface area (TPSA) is 32.3 Å². The van der Waals surface area contributed by atoms with Gasteiger partial charge in [0, 0.05) is 22.8 Å². The molecule has 1 aliphatic rings. The summed E-state index contributed by atoms with van der Waals surface area (Å²) in [5.74, 6) is -1.76. The highest BCUT2D eigenvalue weighted by Crippen LogP contribution is 2.25. The minimum atomic E-state index is -0.890. The van der Waals surface area contributed by atoms with Gasteiger partial charge >= 0.3 is 6.03 Å². The van der Waals surface area contributed by atoms with Gasteiger partial charge in [0.25, 0.3) is 0 Å². The molecule has 0 radical (unpaired) electrons. The highest BCUT2D eigenvalue weighted by atomic mass is 35.5. The summed E-state index contributed by atoms with van der Waals surface area (Å²) in [5.41, 5.74) is 2.46. The second-order valence-corrected chi connectivity index (χ2v) is 5.97. The van der Waals surface area contributed by atoms with Gasteiger partial charge in [-0.3, -0.25) is 0 Å². The van der Waals surface area contributed by atoms with Crippen molar-refractivity contribution in [1.82, 2.24) is 4.90 Å². The number of anilines is 1. The maximum Gasteiger partial charge on any atom is 0.322 e. The van der Waals surface area contributed by atoms with Crippen LogP contribution in [0, 0.1) is 18.6 Å². The van der Waals surface area contributed by atoms with Crippen LogP contribution in [0.2, 0.25) is 5.02 Å². The van der Waals surface area contributed by atoms with Crippen LogP contribution in [0.5, 0.6) is 0 Å². The fraction of sp³-hybridized carbons (Fsp3) is 0.235. The average Bonchev–Trinajstić information content (AvgIpc) is 2.54. The Kier molecular flexibility index (Phi) is 4.22. The molecule has 23 heavy (non-hydrogen) atoms. The van der Waals surface area contributed by atoms with Crippen molar-refractivity contribution in [3.63, 3.8) is 0 Å². The van der Waals surface area contributed by atoms with Gasteiger partial charge in [0.2, 0.25) is 0 Å². The van der Waals surface area contributed by atoms with E-state index in [1.807, 2.05) is 6.92 Å². The van der Waals surface area contributed by atoms with E-state index in [9.17, 15) is 13.6 Å². The van der Waals surface area contributed by atoms with Crippen LogP contribution in [0.4, 0.5) is 19.3 Å². The largest absolute Gasteiger partial charge is 0.322 e. The van der Waals surface area contributed by atoms with Gasteiger partial charge in [0.05, 0.1) is 6.54 Å². The summed E-state index contributed by atoms with van der Waals surface area (Å²) in [7, 11) is 0. The molecule has 120 valence electrons. The molecule has 0 saturated carbocycles. The maximum absolute atomic E-state index is 13.9. The van der Waals surface area contributed by atoms with Crippen molar-refractivity contribution in [3.05, 3.63) is 63.7 Å². The zero-order valence-electron chi connectivity index (χ0n) is 12.5. The van der Waals surface area contributed by atoms with Crippen LogP contribution in [0.1, 0.15) is 16.7 Å². The van der Waals surface area contributed by atoms with Crippen LogP contribution in [-0.2, 0) is 13.0 Å². The SMILES string of the molecule is Cc1cc(NC(=O)N2CCc3ccc(F)c(F)c3C2)ccc1Cl. The number of amides is 2. The Morgan fingerprint density at radius 1 is 1.26 bits per heavy atom. The molecule has 3 nitrogen and oxygen atoms in total. The molecule has 1 heterocycles. The number of aryl methyl sites for hydroxylation is 1. The van der Waals surface area contributed by atoms with Crippen LogP contribution in [0.15, 0.2) is 30.3 Å². The van der Waals surface area contributed by atoms with Crippen molar-refractivity contribution < 1.29 is 13.6 Å². The molecular formula is C17H15ClF2N2O. The van der Waals surface area contributed by atoms with Gasteiger partial charge in [-0.1, -0.05) is 17.7 Å². The van der Waals surface area contributed by atoms with Crippen LogP contribution < -0.4 is 5.32 Å². The number of rotatable bonds is 1. The molecule has 3 rings (SSSR count). The Bertz CT molecular complexity index is 779. The third kappa shape index (κ3) is 3.15. The molecule has 0 bridgehead atoms. The van der Waals surface area contributed by atoms with Gasteiger partial charge in [-0.15, -0.1) is 0 Å². The number of carbonyl (C=O) groups is 1. The van der Waals surface area contributed by atoms with E-state index >= 15 is 0 Å². The number of halogens is 3. The predicted molar refractivity (Wildman–Crippen MR) is 85.7 cm³/mol. The van der Waals surface area contributed by atoms with Crippen molar-refractivity contribution in [2.24, 2.45) is 0 Å². The van der Waals surface area contributed by atoms with Gasteiger partial charge in [0.1, 0.15) is 0 Å². The molecule has 0 aliphatic carbocycles. The Morgan fingerprint density at radius 3 is 2.78 bits per heavy atom. The molecule has 6 heteroatoms. The first-order chi connectivity index (χ1) is 11.0. The second-order valence-electron chi connectivity index (χ2n) is 5.56. The molecular weight excluding hydrogens is 322 g/mol. The van der Waals surface area contributed by atoms with Crippen molar-refractivity contribution in [3.8, 4) is 0 Å². The Labute approximate surface area is 137 Å². The van der Waals surface area contributed by atoms with Crippen molar-refractivity contribution >= 4 is 23.3 Å². The van der Waals surface area contributed by atoms with Crippen LogP contribution in [0.25, 0.3) is 0 Å². The number of nitrogens with one attached hydrogen (secondary N) is 1. The summed E-state index contributed by atoms with van der Waals surface area (Å²) in [6, 6.07) is 7.52. The molecule has 0 fully saturated rings. The summed E-state index contributed by atoms with van der Waals surface area (Å²) in [6.07, 6.45) is 0.500. The number of carbonyl (C=O) groups excluding carboxylic acids is 1. The van der Waals surface area contributed by atoms with E-state index in [-0.39, 0.29) is 18.1 Å². The smallest absolute Gasteiger partial charge is 0.320 e. The van der Waals surface area contributed by atoms with E-state index < -0.39 is 11.6 Å². The monoisotopic (exact) mass is 336 g/mol. The van der Waals surface area contributed by atoms with Gasteiger partial charge in [-0.2, -0.15) is 0 Å². The van der Waals surface area contributed by atoms with E-state index in [2.05, 4.69) is 5.32 Å². The lowest BCUT2D eigenvalue weighted by molar-refractivity contribution is 0.205. The first kappa shape index (κ1) is 15.7. The first-order valence-electron chi connectivity index (χ1n) is 7.23. The third-order valence-electron chi connectivity index (χ3n) is 3.99. The van der Waals surface area contributed by atoms with Gasteiger partial charge < -0.3 is 10.2 Å². The molecule has 0 atom stereocenters. The molecule has 0 unspecified atom stereocenters. The number of fused-ring (bicyclic) bond motifs is 1. The van der Waals surface area contributed by atoms with E-state index in [0.29, 0.717) is 23.7 Å². The fourth-order valence-electron chi connectivity index (χ4n) is 2.66. The van der Waals surface area contributed by atoms with Crippen molar-refractivity contribution in [2.45, 2.75) is 19.9 Å². The number of benzene rings is 2. The molecule has 2 aromatic carbocycles. The normalized spacial score (nSPS) is 13.7. The molecule has 1 N–H and O–H groups in total. The van der Waals surface area contributed by atoms with Gasteiger partial charge in [-0.25, -0.2) is 13.6 Å². The number of nitrogens with zero attached hydrogens (tertiary/aromatic N) is 1. The molecule has 0 saturated heterocycles. The Morgan fingerprint density at radius 2 is 2.04 bits per heavy atom. The minimum Gasteiger partial charge on any atom is -0.320 e. The highest BCUT2D eigenvalue weighted by Gasteiger charge is 2.24. The number of urea groups is 1. The van der Waals surface area contributed by atoms with Gasteiger partial charge in [0.15, 0.2) is 11.6 Å². The molecule has 0 aromatic heterocycles. The standard InChI is InChI=1S/C17H15ClF2N2O/c1-10-8-12(3-4-14(10)18)21-17(23)22-7-6-11-2-5-15(19)16(20)13(11)9-22/h2-5,8H,6-7,9H2,1H3,(H,21,23). The molecule has 2 amide bonds. The second kappa shape index (κ2) is 6.16. The summed E-state index contributed by atoms with van der Waals surface area (Å²) < 4.78 is 27.3. The first-order valence-corrected chi connectivity index (χ1v) is 7.61. The van der Waals surface area contributed by atoms with Crippen LogP contribution >= 0.6 is 11.6 Å². The lowest BCUT2D eigenvalue weighted by Crippen LogP contribution is -2.39. The van der Waals surface area contributed by atoms with E-state index in [4.69, 9.17) is 11.6 Å². The summed E-state index contributed by atoms with van der Waals surface area (Å²) in [4.78, 5) is 13.8. The number of hydrogen-bond donors (Lipinski definition) is 1. The van der Waals surface area contributed by atoms with E-state index in [1.54, 1.807) is 24.3 Å². The zero-order chi connectivity index (χ0) is 16.6. The van der Waals surface area contributed by atoms with E-state index in [0.717, 1.165) is 17.2 Å². The van der Waals surface area contributed by atoms with E-state index in [1.165, 1.54) is 4.90 Å². The predicted octanol–water partition coefficient (Wildman–Crippen LogP) is 4.52. The van der Waals surface area contributed by atoms with Crippen LogP contribution in [0.3, 0.4) is 0 Å². The fourth-order valence-corrected chi connectivity index (χ4v) is 2.78. The Hall–Kier alpha value is -2.14. The van der Waals surface area contributed by atoms with Crippen molar-refractivity contribution in [1.29, 1.82) is 0 Å². The summed E-state index contributed by atoms with van der Waals surface area (Å²) >= 11 is 5.95.